The van der Waals surface area contributed by atoms with Crippen molar-refractivity contribution in [2.75, 3.05) is 19.8 Å². The molecule has 2 aliphatic carbocycles. The van der Waals surface area contributed by atoms with Crippen molar-refractivity contribution in [1.29, 1.82) is 0 Å². The predicted molar refractivity (Wildman–Crippen MR) is 133 cm³/mol. The van der Waals surface area contributed by atoms with Gasteiger partial charge in [0.05, 0.1) is 67.9 Å². The molecule has 1 saturated carbocycles. The Hall–Kier alpha value is -3.64. The summed E-state index contributed by atoms with van der Waals surface area (Å²) in [5.74, 6) is 0.515. The molecular formula is C27H26F3N7O2. The third-order valence-electron chi connectivity index (χ3n) is 7.42. The van der Waals surface area contributed by atoms with E-state index >= 15 is 0 Å². The van der Waals surface area contributed by atoms with Gasteiger partial charge in [0.25, 0.3) is 0 Å². The van der Waals surface area contributed by atoms with Gasteiger partial charge in [-0.05, 0) is 48.9 Å². The van der Waals surface area contributed by atoms with Crippen LogP contribution in [0.25, 0.3) is 22.5 Å². The molecule has 0 radical (unpaired) electrons. The van der Waals surface area contributed by atoms with E-state index in [4.69, 9.17) is 9.47 Å². The van der Waals surface area contributed by atoms with E-state index in [1.54, 1.807) is 34.0 Å². The molecule has 1 atom stereocenters. The maximum atomic E-state index is 14.4. The fourth-order valence-corrected chi connectivity index (χ4v) is 5.33. The van der Waals surface area contributed by atoms with Crippen LogP contribution in [0.5, 0.6) is 0 Å². The number of benzene rings is 1. The number of halogens is 3. The van der Waals surface area contributed by atoms with Crippen LogP contribution in [0.4, 0.5) is 13.2 Å². The number of aromatic nitrogens is 7. The number of hydrogen-bond acceptors (Lipinski definition) is 7. The number of hydrogen-bond donors (Lipinski definition) is 0. The van der Waals surface area contributed by atoms with Crippen LogP contribution >= 0.6 is 0 Å². The molecule has 0 bridgehead atoms. The summed E-state index contributed by atoms with van der Waals surface area (Å²) < 4.78 is 57.6. The number of nitrogens with zero attached hydrogens (tertiary/aromatic N) is 7. The molecule has 0 N–H and O–H groups in total. The van der Waals surface area contributed by atoms with Gasteiger partial charge in [-0.25, -0.2) is 4.68 Å². The second-order valence-electron chi connectivity index (χ2n) is 10.4. The normalized spacial score (nSPS) is 19.1. The summed E-state index contributed by atoms with van der Waals surface area (Å²) in [7, 11) is 0. The average Bonchev–Trinajstić information content (AvgIpc) is 3.53. The molecule has 1 aromatic carbocycles. The Morgan fingerprint density at radius 2 is 1.85 bits per heavy atom. The molecule has 0 amide bonds. The third kappa shape index (κ3) is 4.94. The predicted octanol–water partition coefficient (Wildman–Crippen LogP) is 4.06. The van der Waals surface area contributed by atoms with Crippen LogP contribution in [0.1, 0.15) is 46.8 Å². The number of alkyl halides is 3. The van der Waals surface area contributed by atoms with Crippen LogP contribution in [-0.2, 0) is 41.6 Å². The first-order valence-electron chi connectivity index (χ1n) is 13.1. The Bertz CT molecular complexity index is 1500. The van der Waals surface area contributed by atoms with Crippen molar-refractivity contribution in [1.82, 2.24) is 34.7 Å². The number of aryl methyl sites for hydroxylation is 2. The largest absolute Gasteiger partial charge is 0.417 e. The van der Waals surface area contributed by atoms with Gasteiger partial charge in [0.2, 0.25) is 0 Å². The fourth-order valence-electron chi connectivity index (χ4n) is 5.33. The summed E-state index contributed by atoms with van der Waals surface area (Å²) in [6.45, 7) is 2.25. The Balaban J connectivity index is 1.18. The molecule has 39 heavy (non-hydrogen) atoms. The van der Waals surface area contributed by atoms with Gasteiger partial charge in [0, 0.05) is 29.4 Å². The van der Waals surface area contributed by atoms with Crippen LogP contribution in [0, 0.1) is 0 Å². The standard InChI is InChI=1S/C27H26F3N7O2/c28-27(29,30)22-8-19(24-14-37(35-33-24)12-20-9-32-23(10-31-20)16-1-2-16)7-17-3-4-18-11-36(34-26(18)25(17)22)13-21-15-38-5-6-39-21/h7-11,14,16,21H,1-6,12-13,15H2/t21-/m0/s1. The smallest absolute Gasteiger partial charge is 0.376 e. The molecule has 1 saturated heterocycles. The van der Waals surface area contributed by atoms with Crippen LogP contribution in [0.15, 0.2) is 36.9 Å². The van der Waals surface area contributed by atoms with Crippen molar-refractivity contribution in [3.05, 3.63) is 65.0 Å². The third-order valence-corrected chi connectivity index (χ3v) is 7.42. The molecule has 3 aromatic heterocycles. The molecule has 2 fully saturated rings. The molecule has 3 aliphatic rings. The van der Waals surface area contributed by atoms with Crippen molar-refractivity contribution in [3.63, 3.8) is 0 Å². The minimum Gasteiger partial charge on any atom is -0.376 e. The van der Waals surface area contributed by atoms with Crippen LogP contribution in [-0.4, -0.2) is 60.7 Å². The Kier molecular flexibility index (Phi) is 5.96. The maximum Gasteiger partial charge on any atom is 0.417 e. The minimum atomic E-state index is -4.56. The van der Waals surface area contributed by atoms with E-state index in [0.29, 0.717) is 79.9 Å². The highest BCUT2D eigenvalue weighted by Crippen LogP contribution is 2.44. The zero-order chi connectivity index (χ0) is 26.6. The summed E-state index contributed by atoms with van der Waals surface area (Å²) in [4.78, 5) is 8.93. The van der Waals surface area contributed by atoms with Crippen molar-refractivity contribution in [2.45, 2.75) is 57.0 Å². The fraction of sp³-hybridized carbons (Fsp3) is 0.444. The van der Waals surface area contributed by atoms with Gasteiger partial charge < -0.3 is 9.47 Å². The van der Waals surface area contributed by atoms with Crippen molar-refractivity contribution >= 4 is 0 Å². The summed E-state index contributed by atoms with van der Waals surface area (Å²) >= 11 is 0. The van der Waals surface area contributed by atoms with Crippen LogP contribution < -0.4 is 0 Å². The molecule has 1 aliphatic heterocycles. The average molecular weight is 538 g/mol. The topological polar surface area (TPSA) is 92.8 Å². The lowest BCUT2D eigenvalue weighted by atomic mass is 9.85. The lowest BCUT2D eigenvalue weighted by Crippen LogP contribution is -2.32. The lowest BCUT2D eigenvalue weighted by Gasteiger charge is -2.22. The first-order valence-corrected chi connectivity index (χ1v) is 13.1. The first-order chi connectivity index (χ1) is 18.9. The maximum absolute atomic E-state index is 14.4. The van der Waals surface area contributed by atoms with Crippen molar-refractivity contribution < 1.29 is 22.6 Å². The van der Waals surface area contributed by atoms with Gasteiger partial charge in [-0.1, -0.05) is 5.21 Å². The monoisotopic (exact) mass is 537 g/mol. The molecule has 4 heterocycles. The molecule has 7 rings (SSSR count). The van der Waals surface area contributed by atoms with E-state index in [-0.39, 0.29) is 11.7 Å². The molecule has 202 valence electrons. The van der Waals surface area contributed by atoms with E-state index < -0.39 is 11.7 Å². The van der Waals surface area contributed by atoms with E-state index in [1.165, 1.54) is 0 Å². The van der Waals surface area contributed by atoms with Gasteiger partial charge in [0.1, 0.15) is 11.8 Å². The lowest BCUT2D eigenvalue weighted by molar-refractivity contribution is -0.137. The van der Waals surface area contributed by atoms with E-state index in [0.717, 1.165) is 30.2 Å². The summed E-state index contributed by atoms with van der Waals surface area (Å²) in [5.41, 5.74) is 3.67. The number of fused-ring (bicyclic) bond motifs is 3. The number of rotatable bonds is 6. The summed E-state index contributed by atoms with van der Waals surface area (Å²) in [6.07, 6.45) is 5.63. The zero-order valence-corrected chi connectivity index (χ0v) is 21.1. The van der Waals surface area contributed by atoms with Crippen LogP contribution in [0.3, 0.4) is 0 Å². The minimum absolute atomic E-state index is 0.144. The van der Waals surface area contributed by atoms with Gasteiger partial charge >= 0.3 is 6.18 Å². The highest BCUT2D eigenvalue weighted by molar-refractivity contribution is 5.78. The van der Waals surface area contributed by atoms with Gasteiger partial charge in [-0.2, -0.15) is 18.3 Å². The molecular weight excluding hydrogens is 511 g/mol. The van der Waals surface area contributed by atoms with E-state index in [9.17, 15) is 13.2 Å². The summed E-state index contributed by atoms with van der Waals surface area (Å²) in [5, 5.41) is 12.9. The Morgan fingerprint density at radius 1 is 0.974 bits per heavy atom. The summed E-state index contributed by atoms with van der Waals surface area (Å²) in [6, 6.07) is 2.94. The van der Waals surface area contributed by atoms with Gasteiger partial charge in [-0.15, -0.1) is 5.10 Å². The van der Waals surface area contributed by atoms with Gasteiger partial charge in [-0.3, -0.25) is 14.6 Å². The van der Waals surface area contributed by atoms with Crippen molar-refractivity contribution in [3.8, 4) is 22.5 Å². The van der Waals surface area contributed by atoms with E-state index in [1.807, 2.05) is 6.20 Å². The first kappa shape index (κ1) is 24.4. The zero-order valence-electron chi connectivity index (χ0n) is 21.1. The van der Waals surface area contributed by atoms with Gasteiger partial charge in [0.15, 0.2) is 0 Å². The second-order valence-corrected chi connectivity index (χ2v) is 10.4. The molecule has 0 spiro atoms. The second kappa shape index (κ2) is 9.53. The van der Waals surface area contributed by atoms with Crippen molar-refractivity contribution in [2.24, 2.45) is 0 Å². The van der Waals surface area contributed by atoms with E-state index in [2.05, 4.69) is 25.4 Å². The highest BCUT2D eigenvalue weighted by atomic mass is 19.4. The number of ether oxygens (including phenoxy) is 2. The van der Waals surface area contributed by atoms with Crippen LogP contribution in [0.2, 0.25) is 0 Å². The quantitative estimate of drug-likeness (QED) is 0.366. The molecule has 0 unspecified atom stereocenters. The molecule has 12 heteroatoms. The Morgan fingerprint density at radius 3 is 2.59 bits per heavy atom. The Labute approximate surface area is 222 Å². The SMILES string of the molecule is FC(F)(F)c1cc(-c2cn(Cc3cnc(C4CC4)cn3)nn2)cc2c1-c1nn(C[C@H]3COCCO3)cc1CC2. The molecule has 4 aromatic rings. The highest BCUT2D eigenvalue weighted by Gasteiger charge is 2.38. The molecule has 9 nitrogen and oxygen atoms in total.